The Morgan fingerprint density at radius 3 is 2.38 bits per heavy atom. The van der Waals surface area contributed by atoms with Gasteiger partial charge >= 0.3 is 6.09 Å². The van der Waals surface area contributed by atoms with Crippen LogP contribution in [-0.4, -0.2) is 71.3 Å². The summed E-state index contributed by atoms with van der Waals surface area (Å²) < 4.78 is 5.39. The molecule has 2 fully saturated rings. The van der Waals surface area contributed by atoms with E-state index in [0.717, 1.165) is 0 Å². The average molecular weight is 526 g/mol. The quantitative estimate of drug-likeness (QED) is 0.508. The van der Waals surface area contributed by atoms with Crippen LogP contribution in [0.4, 0.5) is 9.80 Å². The molecule has 8 nitrogen and oxygen atoms in total. The number of benzene rings is 1. The topological polar surface area (TPSA) is 87.2 Å². The van der Waals surface area contributed by atoms with Gasteiger partial charge < -0.3 is 9.64 Å². The molecule has 9 heteroatoms. The van der Waals surface area contributed by atoms with Crippen molar-refractivity contribution in [2.75, 3.05) is 24.6 Å². The average Bonchev–Trinajstić information content (AvgIpc) is 3.61. The van der Waals surface area contributed by atoms with Crippen LogP contribution < -0.4 is 4.90 Å². The fraction of sp³-hybridized carbons (Fsp3) is 0.500. The second-order valence-electron chi connectivity index (χ2n) is 10.5. The van der Waals surface area contributed by atoms with Gasteiger partial charge in [-0.15, -0.1) is 11.3 Å². The second kappa shape index (κ2) is 11.5. The Balaban J connectivity index is 1.63. The standard InChI is InChI=1S/C28H35N3O5S/c1-18(2)15-22(31(24-11-8-14-37-24)26(33)20-9-6-5-7-10-20)27(34)29-13-12-21-25(29)23(32)16-30(21)28(35)36-17-19(3)4/h5-11,14,18-19,21-22,25H,12-13,15-17H2,1-4H3. The number of ketones is 1. The van der Waals surface area contributed by atoms with Gasteiger partial charge in [0.2, 0.25) is 5.91 Å². The van der Waals surface area contributed by atoms with Crippen LogP contribution in [0.1, 0.15) is 50.9 Å². The van der Waals surface area contributed by atoms with Crippen molar-refractivity contribution in [3.63, 3.8) is 0 Å². The Morgan fingerprint density at radius 1 is 1.03 bits per heavy atom. The molecule has 3 heterocycles. The summed E-state index contributed by atoms with van der Waals surface area (Å²) in [4.78, 5) is 58.4. The van der Waals surface area contributed by atoms with Crippen molar-refractivity contribution in [1.82, 2.24) is 9.80 Å². The zero-order valence-electron chi connectivity index (χ0n) is 21.8. The molecular formula is C28H35N3O5S. The summed E-state index contributed by atoms with van der Waals surface area (Å²) in [5, 5.41) is 2.56. The maximum Gasteiger partial charge on any atom is 0.410 e. The minimum absolute atomic E-state index is 0.0670. The molecular weight excluding hydrogens is 490 g/mol. The number of nitrogens with zero attached hydrogens (tertiary/aromatic N) is 3. The Kier molecular flexibility index (Phi) is 8.32. The number of thiophene rings is 1. The van der Waals surface area contributed by atoms with Crippen molar-refractivity contribution in [3.8, 4) is 0 Å². The molecule has 37 heavy (non-hydrogen) atoms. The van der Waals surface area contributed by atoms with Crippen LogP contribution in [-0.2, 0) is 14.3 Å². The Hall–Kier alpha value is -3.20. The van der Waals surface area contributed by atoms with Gasteiger partial charge in [-0.3, -0.25) is 24.2 Å². The molecule has 3 unspecified atom stereocenters. The first-order chi connectivity index (χ1) is 17.7. The molecule has 0 saturated carbocycles. The van der Waals surface area contributed by atoms with Gasteiger partial charge in [-0.25, -0.2) is 4.79 Å². The predicted molar refractivity (Wildman–Crippen MR) is 143 cm³/mol. The molecule has 0 N–H and O–H groups in total. The maximum atomic E-state index is 14.2. The Bertz CT molecular complexity index is 1120. The highest BCUT2D eigenvalue weighted by Crippen LogP contribution is 2.34. The molecule has 0 radical (unpaired) electrons. The smallest absolute Gasteiger partial charge is 0.410 e. The summed E-state index contributed by atoms with van der Waals surface area (Å²) in [7, 11) is 0. The maximum absolute atomic E-state index is 14.2. The minimum atomic E-state index is -0.778. The fourth-order valence-corrected chi connectivity index (χ4v) is 5.89. The van der Waals surface area contributed by atoms with Gasteiger partial charge in [-0.05, 0) is 54.3 Å². The lowest BCUT2D eigenvalue weighted by atomic mass is 9.99. The largest absolute Gasteiger partial charge is 0.449 e. The summed E-state index contributed by atoms with van der Waals surface area (Å²) >= 11 is 1.40. The summed E-state index contributed by atoms with van der Waals surface area (Å²) in [6.07, 6.45) is 0.429. The molecule has 1 aromatic heterocycles. The summed E-state index contributed by atoms with van der Waals surface area (Å²) in [6, 6.07) is 10.7. The van der Waals surface area contributed by atoms with E-state index >= 15 is 0 Å². The van der Waals surface area contributed by atoms with E-state index in [0.29, 0.717) is 30.0 Å². The highest BCUT2D eigenvalue weighted by atomic mass is 32.1. The van der Waals surface area contributed by atoms with Crippen molar-refractivity contribution < 1.29 is 23.9 Å². The zero-order valence-corrected chi connectivity index (χ0v) is 22.6. The Morgan fingerprint density at radius 2 is 1.76 bits per heavy atom. The number of likely N-dealkylation sites (tertiary alicyclic amines) is 2. The molecule has 0 spiro atoms. The number of Topliss-reactive ketones (excluding diaryl/α,β-unsaturated/α-hetero) is 1. The third-order valence-electron chi connectivity index (χ3n) is 6.75. The first-order valence-corrected chi connectivity index (χ1v) is 13.8. The Labute approximate surface area is 222 Å². The number of ether oxygens (including phenoxy) is 1. The number of hydrogen-bond acceptors (Lipinski definition) is 6. The highest BCUT2D eigenvalue weighted by Gasteiger charge is 2.53. The van der Waals surface area contributed by atoms with E-state index < -0.39 is 24.2 Å². The molecule has 2 aromatic rings. The molecule has 0 aliphatic carbocycles. The number of fused-ring (bicyclic) bond motifs is 1. The molecule has 1 aromatic carbocycles. The SMILES string of the molecule is CC(C)COC(=O)N1CC(=O)C2C1CCN2C(=O)C(CC(C)C)N(C(=O)c1ccccc1)c1cccs1. The van der Waals surface area contributed by atoms with E-state index in [4.69, 9.17) is 4.74 Å². The molecule has 2 aliphatic rings. The van der Waals surface area contributed by atoms with Gasteiger partial charge in [-0.1, -0.05) is 45.9 Å². The van der Waals surface area contributed by atoms with E-state index in [-0.39, 0.29) is 42.6 Å². The lowest BCUT2D eigenvalue weighted by Crippen LogP contribution is -2.54. The van der Waals surface area contributed by atoms with E-state index in [1.807, 2.05) is 51.3 Å². The summed E-state index contributed by atoms with van der Waals surface area (Å²) in [5.74, 6) is -0.376. The predicted octanol–water partition coefficient (Wildman–Crippen LogP) is 4.46. The van der Waals surface area contributed by atoms with Gasteiger partial charge in [0, 0.05) is 12.1 Å². The second-order valence-corrected chi connectivity index (χ2v) is 11.5. The van der Waals surface area contributed by atoms with Crippen LogP contribution in [0.15, 0.2) is 47.8 Å². The van der Waals surface area contributed by atoms with E-state index in [2.05, 4.69) is 0 Å². The van der Waals surface area contributed by atoms with Gasteiger partial charge in [0.15, 0.2) is 5.78 Å². The van der Waals surface area contributed by atoms with Gasteiger partial charge in [0.1, 0.15) is 12.1 Å². The number of amides is 3. The number of carbonyl (C=O) groups is 4. The van der Waals surface area contributed by atoms with Crippen LogP contribution in [0.5, 0.6) is 0 Å². The normalized spacial score (nSPS) is 19.9. The lowest BCUT2D eigenvalue weighted by Gasteiger charge is -2.35. The lowest BCUT2D eigenvalue weighted by molar-refractivity contribution is -0.137. The minimum Gasteiger partial charge on any atom is -0.449 e. The van der Waals surface area contributed by atoms with Crippen molar-refractivity contribution in [3.05, 3.63) is 53.4 Å². The van der Waals surface area contributed by atoms with Crippen LogP contribution >= 0.6 is 11.3 Å². The van der Waals surface area contributed by atoms with Gasteiger partial charge in [0.05, 0.1) is 24.2 Å². The van der Waals surface area contributed by atoms with Crippen molar-refractivity contribution in [2.45, 2.75) is 58.7 Å². The van der Waals surface area contributed by atoms with E-state index in [9.17, 15) is 19.2 Å². The molecule has 2 aliphatic heterocycles. The van der Waals surface area contributed by atoms with Crippen molar-refractivity contribution in [2.24, 2.45) is 11.8 Å². The zero-order chi connectivity index (χ0) is 26.7. The van der Waals surface area contributed by atoms with Crippen LogP contribution in [0.3, 0.4) is 0 Å². The molecule has 2 saturated heterocycles. The van der Waals surface area contributed by atoms with E-state index in [1.54, 1.807) is 34.1 Å². The number of rotatable bonds is 8. The molecule has 4 rings (SSSR count). The summed E-state index contributed by atoms with van der Waals surface area (Å²) in [6.45, 7) is 8.48. The van der Waals surface area contributed by atoms with Crippen LogP contribution in [0, 0.1) is 11.8 Å². The fourth-order valence-electron chi connectivity index (χ4n) is 5.11. The van der Waals surface area contributed by atoms with Gasteiger partial charge in [-0.2, -0.15) is 0 Å². The third-order valence-corrected chi connectivity index (χ3v) is 7.62. The van der Waals surface area contributed by atoms with Gasteiger partial charge in [0.25, 0.3) is 5.91 Å². The summed E-state index contributed by atoms with van der Waals surface area (Å²) in [5.41, 5.74) is 0.493. The molecule has 3 atom stereocenters. The number of carbonyl (C=O) groups excluding carboxylic acids is 4. The highest BCUT2D eigenvalue weighted by molar-refractivity contribution is 7.14. The third kappa shape index (κ3) is 5.71. The van der Waals surface area contributed by atoms with Crippen LogP contribution in [0.2, 0.25) is 0 Å². The van der Waals surface area contributed by atoms with Crippen LogP contribution in [0.25, 0.3) is 0 Å². The monoisotopic (exact) mass is 525 g/mol. The molecule has 198 valence electrons. The van der Waals surface area contributed by atoms with Crippen molar-refractivity contribution in [1.29, 1.82) is 0 Å². The molecule has 3 amide bonds. The number of hydrogen-bond donors (Lipinski definition) is 0. The van der Waals surface area contributed by atoms with Crippen molar-refractivity contribution >= 4 is 40.0 Å². The van der Waals surface area contributed by atoms with E-state index in [1.165, 1.54) is 16.2 Å². The number of anilines is 1. The molecule has 0 bridgehead atoms. The first kappa shape index (κ1) is 26.9. The first-order valence-electron chi connectivity index (χ1n) is 12.9.